The minimum absolute atomic E-state index is 0.0184. The van der Waals surface area contributed by atoms with Crippen molar-refractivity contribution in [2.75, 3.05) is 12.4 Å². The van der Waals surface area contributed by atoms with E-state index in [1.54, 1.807) is 19.4 Å². The molecule has 3 N–H and O–H groups in total. The second kappa shape index (κ2) is 11.0. The molecular weight excluding hydrogens is 541 g/mol. The zero-order valence-corrected chi connectivity index (χ0v) is 23.6. The minimum atomic E-state index is -0.981. The van der Waals surface area contributed by atoms with Gasteiger partial charge in [0.25, 0.3) is 5.91 Å². The first kappa shape index (κ1) is 27.6. The van der Waals surface area contributed by atoms with Crippen LogP contribution in [-0.2, 0) is 27.2 Å². The van der Waals surface area contributed by atoms with Crippen molar-refractivity contribution in [2.24, 2.45) is 0 Å². The lowest BCUT2D eigenvalue weighted by atomic mass is 9.77. The maximum atomic E-state index is 13.5. The smallest absolute Gasteiger partial charge is 0.252 e. The number of fused-ring (bicyclic) bond motifs is 1. The van der Waals surface area contributed by atoms with Crippen molar-refractivity contribution in [3.63, 3.8) is 0 Å². The second-order valence-corrected chi connectivity index (χ2v) is 11.0. The number of aryl methyl sites for hydroxylation is 1. The van der Waals surface area contributed by atoms with Gasteiger partial charge in [0.15, 0.2) is 17.5 Å². The minimum Gasteiger partial charge on any atom is -0.368 e. The van der Waals surface area contributed by atoms with Gasteiger partial charge in [0.2, 0.25) is 0 Å². The van der Waals surface area contributed by atoms with Gasteiger partial charge in [0, 0.05) is 49.4 Å². The molecule has 1 saturated carbocycles. The molecule has 4 aromatic heterocycles. The highest BCUT2D eigenvalue weighted by Crippen LogP contribution is 2.40. The van der Waals surface area contributed by atoms with Gasteiger partial charge in [-0.3, -0.25) is 14.7 Å². The zero-order valence-electron chi connectivity index (χ0n) is 23.6. The van der Waals surface area contributed by atoms with Crippen LogP contribution in [0.1, 0.15) is 72.9 Å². The number of pyridine rings is 1. The summed E-state index contributed by atoms with van der Waals surface area (Å²) in [5, 5.41) is 17.4. The summed E-state index contributed by atoms with van der Waals surface area (Å²) in [6, 6.07) is 5.11. The molecule has 218 valence electrons. The highest BCUT2D eigenvalue weighted by molar-refractivity contribution is 5.89. The second-order valence-electron chi connectivity index (χ2n) is 11.0. The van der Waals surface area contributed by atoms with Crippen LogP contribution in [0.5, 0.6) is 0 Å². The monoisotopic (exact) mass is 573 g/mol. The first-order chi connectivity index (χ1) is 20.2. The number of nitrogens with one attached hydrogen (secondary N) is 3. The number of Topliss-reactive ketones (excluding diaryl/α,β-unsaturated/α-hetero) is 1. The number of amides is 1. The summed E-state index contributed by atoms with van der Waals surface area (Å²) in [7, 11) is 1.57. The number of anilines is 2. The number of hydrogen-bond donors (Lipinski definition) is 3. The van der Waals surface area contributed by atoms with Gasteiger partial charge in [0.1, 0.15) is 23.0 Å². The van der Waals surface area contributed by atoms with Crippen molar-refractivity contribution < 1.29 is 18.7 Å². The molecule has 1 amide bonds. The fraction of sp³-hybridized carbons (Fsp3) is 0.414. The Bertz CT molecular complexity index is 1620. The third kappa shape index (κ3) is 5.39. The standard InChI is InChI=1S/C29H32FN9O3/c1-16-10-24(38-37-16)35-27-22-11-21(40)12-23(22)34-26(36-27)18-6-8-29(42-3,9-7-18)28(41)33-17(2)19-4-5-25(31-13-19)39-15-20(30)14-32-39/h4-5,10,13-15,17-18H,6-9,11-12H2,1-3H3,(H,33,41)(H2,34,35,36,37,38)/t17-,18?,29?/m0/s1. The zero-order chi connectivity index (χ0) is 29.4. The maximum absolute atomic E-state index is 13.5. The topological polar surface area (TPSA) is 153 Å². The summed E-state index contributed by atoms with van der Waals surface area (Å²) >= 11 is 0. The number of rotatable bonds is 8. The average Bonchev–Trinajstić information content (AvgIpc) is 3.72. The summed E-state index contributed by atoms with van der Waals surface area (Å²) in [5.74, 6) is 1.89. The molecule has 1 fully saturated rings. The molecule has 0 aromatic carbocycles. The van der Waals surface area contributed by atoms with E-state index in [1.807, 2.05) is 26.0 Å². The molecule has 0 aliphatic heterocycles. The van der Waals surface area contributed by atoms with Crippen LogP contribution < -0.4 is 10.6 Å². The number of nitrogens with zero attached hydrogens (tertiary/aromatic N) is 6. The number of methoxy groups -OCH3 is 1. The Balaban J connectivity index is 1.13. The van der Waals surface area contributed by atoms with Crippen molar-refractivity contribution in [3.05, 3.63) is 70.9 Å². The quantitative estimate of drug-likeness (QED) is 0.287. The van der Waals surface area contributed by atoms with Crippen LogP contribution in [-0.4, -0.2) is 59.3 Å². The Hall–Kier alpha value is -4.52. The Morgan fingerprint density at radius 3 is 2.67 bits per heavy atom. The first-order valence-corrected chi connectivity index (χ1v) is 14.0. The van der Waals surface area contributed by atoms with Gasteiger partial charge in [-0.1, -0.05) is 6.07 Å². The van der Waals surface area contributed by atoms with Crippen LogP contribution in [0.25, 0.3) is 5.82 Å². The van der Waals surface area contributed by atoms with Gasteiger partial charge in [0.05, 0.1) is 24.1 Å². The summed E-state index contributed by atoms with van der Waals surface area (Å²) < 4.78 is 20.5. The number of ether oxygens (including phenoxy) is 1. The third-order valence-corrected chi connectivity index (χ3v) is 8.17. The third-order valence-electron chi connectivity index (χ3n) is 8.17. The molecule has 12 nitrogen and oxygen atoms in total. The Kier molecular flexibility index (Phi) is 7.27. The summed E-state index contributed by atoms with van der Waals surface area (Å²) in [4.78, 5) is 39.8. The Morgan fingerprint density at radius 1 is 1.21 bits per heavy atom. The lowest BCUT2D eigenvalue weighted by Crippen LogP contribution is -2.50. The van der Waals surface area contributed by atoms with Crippen LogP contribution in [0.2, 0.25) is 0 Å². The molecule has 4 aromatic rings. The molecule has 42 heavy (non-hydrogen) atoms. The summed E-state index contributed by atoms with van der Waals surface area (Å²) in [5.41, 5.74) is 2.30. The molecule has 2 aliphatic carbocycles. The van der Waals surface area contributed by atoms with E-state index in [9.17, 15) is 14.0 Å². The SMILES string of the molecule is COC1(C(=O)N[C@@H](C)c2ccc(-n3cc(F)cn3)nc2)CCC(c2nc3c(c(Nc4cc(C)[nH]n4)n2)CC(=O)C3)CC1. The lowest BCUT2D eigenvalue weighted by molar-refractivity contribution is -0.148. The van der Waals surface area contributed by atoms with Crippen molar-refractivity contribution in [2.45, 2.75) is 69.9 Å². The number of carbonyl (C=O) groups is 2. The lowest BCUT2D eigenvalue weighted by Gasteiger charge is -2.38. The van der Waals surface area contributed by atoms with E-state index in [4.69, 9.17) is 14.7 Å². The van der Waals surface area contributed by atoms with E-state index in [0.29, 0.717) is 61.8 Å². The highest BCUT2D eigenvalue weighted by Gasteiger charge is 2.43. The van der Waals surface area contributed by atoms with Gasteiger partial charge in [-0.05, 0) is 51.2 Å². The van der Waals surface area contributed by atoms with Gasteiger partial charge in [-0.25, -0.2) is 24.0 Å². The van der Waals surface area contributed by atoms with E-state index >= 15 is 0 Å². The largest absolute Gasteiger partial charge is 0.368 e. The number of halogens is 1. The van der Waals surface area contributed by atoms with E-state index in [1.165, 1.54) is 10.9 Å². The fourth-order valence-corrected chi connectivity index (χ4v) is 5.71. The number of aromatic amines is 1. The molecule has 0 radical (unpaired) electrons. The van der Waals surface area contributed by atoms with Crippen LogP contribution in [0.3, 0.4) is 0 Å². The van der Waals surface area contributed by atoms with Crippen molar-refractivity contribution in [3.8, 4) is 5.82 Å². The highest BCUT2D eigenvalue weighted by atomic mass is 19.1. The van der Waals surface area contributed by atoms with Crippen molar-refractivity contribution in [1.82, 2.24) is 40.2 Å². The van der Waals surface area contributed by atoms with Crippen LogP contribution >= 0.6 is 0 Å². The normalized spacial score (nSPS) is 20.8. The average molecular weight is 574 g/mol. The predicted octanol–water partition coefficient (Wildman–Crippen LogP) is 3.56. The number of aromatic nitrogens is 7. The number of ketones is 1. The van der Waals surface area contributed by atoms with E-state index in [2.05, 4.69) is 30.9 Å². The molecular formula is C29H32FN9O3. The summed E-state index contributed by atoms with van der Waals surface area (Å²) in [6.45, 7) is 3.80. The predicted molar refractivity (Wildman–Crippen MR) is 150 cm³/mol. The molecule has 2 aliphatic rings. The Labute approximate surface area is 241 Å². The molecule has 0 saturated heterocycles. The molecule has 6 rings (SSSR count). The molecule has 0 bridgehead atoms. The van der Waals surface area contributed by atoms with E-state index in [0.717, 1.165) is 28.7 Å². The molecule has 0 unspecified atom stereocenters. The van der Waals surface area contributed by atoms with Crippen molar-refractivity contribution in [1.29, 1.82) is 0 Å². The van der Waals surface area contributed by atoms with Gasteiger partial charge in [-0.2, -0.15) is 10.2 Å². The maximum Gasteiger partial charge on any atom is 0.252 e. The van der Waals surface area contributed by atoms with Gasteiger partial charge < -0.3 is 15.4 Å². The Morgan fingerprint density at radius 2 is 2.02 bits per heavy atom. The first-order valence-electron chi connectivity index (χ1n) is 14.0. The molecule has 0 spiro atoms. The summed E-state index contributed by atoms with van der Waals surface area (Å²) in [6.07, 6.45) is 6.90. The molecule has 4 heterocycles. The van der Waals surface area contributed by atoms with E-state index < -0.39 is 11.4 Å². The van der Waals surface area contributed by atoms with Crippen LogP contribution in [0, 0.1) is 12.7 Å². The van der Waals surface area contributed by atoms with Gasteiger partial charge >= 0.3 is 0 Å². The number of H-pyrrole nitrogens is 1. The molecule has 13 heteroatoms. The van der Waals surface area contributed by atoms with Gasteiger partial charge in [-0.15, -0.1) is 0 Å². The molecule has 1 atom stereocenters. The van der Waals surface area contributed by atoms with Crippen molar-refractivity contribution >= 4 is 23.3 Å². The van der Waals surface area contributed by atoms with E-state index in [-0.39, 0.29) is 23.7 Å². The number of hydrogen-bond acceptors (Lipinski definition) is 9. The fourth-order valence-electron chi connectivity index (χ4n) is 5.71. The number of carbonyl (C=O) groups excluding carboxylic acids is 2. The van der Waals surface area contributed by atoms with Crippen LogP contribution in [0.15, 0.2) is 36.8 Å². The van der Waals surface area contributed by atoms with Crippen LogP contribution in [0.4, 0.5) is 16.0 Å².